The maximum atomic E-state index is 12.8. The highest BCUT2D eigenvalue weighted by molar-refractivity contribution is 5.98. The SMILES string of the molecule is Cc1ccc(OCC(=O)N2CCN(C)c3nc4ccccc4nc32)cc1C. The third kappa shape index (κ3) is 3.30. The normalized spacial score (nSPS) is 13.6. The first-order valence-electron chi connectivity index (χ1n) is 9.01. The van der Waals surface area contributed by atoms with Crippen molar-refractivity contribution in [1.29, 1.82) is 0 Å². The number of likely N-dealkylation sites (N-methyl/N-ethyl adjacent to an activating group) is 1. The van der Waals surface area contributed by atoms with Crippen molar-refractivity contribution in [3.8, 4) is 5.75 Å². The maximum absolute atomic E-state index is 12.8. The van der Waals surface area contributed by atoms with E-state index in [2.05, 4.69) is 6.92 Å². The third-order valence-corrected chi connectivity index (χ3v) is 4.95. The molecule has 6 nitrogen and oxygen atoms in total. The number of benzene rings is 2. The Morgan fingerprint density at radius 2 is 1.70 bits per heavy atom. The molecule has 1 amide bonds. The van der Waals surface area contributed by atoms with E-state index in [1.54, 1.807) is 4.90 Å². The molecular formula is C21H22N4O2. The average molecular weight is 362 g/mol. The molecule has 0 N–H and O–H groups in total. The monoisotopic (exact) mass is 362 g/mol. The number of carbonyl (C=O) groups excluding carboxylic acids is 1. The zero-order valence-corrected chi connectivity index (χ0v) is 15.8. The van der Waals surface area contributed by atoms with Crippen LogP contribution in [0.2, 0.25) is 0 Å². The van der Waals surface area contributed by atoms with Crippen LogP contribution in [0, 0.1) is 13.8 Å². The summed E-state index contributed by atoms with van der Waals surface area (Å²) in [4.78, 5) is 25.9. The van der Waals surface area contributed by atoms with Crippen LogP contribution >= 0.6 is 0 Å². The van der Waals surface area contributed by atoms with Crippen LogP contribution in [0.5, 0.6) is 5.75 Å². The lowest BCUT2D eigenvalue weighted by Gasteiger charge is -2.33. The van der Waals surface area contributed by atoms with E-state index in [0.717, 1.165) is 22.4 Å². The Hall–Kier alpha value is -3.15. The molecule has 0 saturated heterocycles. The molecule has 0 radical (unpaired) electrons. The fourth-order valence-corrected chi connectivity index (χ4v) is 3.15. The van der Waals surface area contributed by atoms with Gasteiger partial charge in [-0.25, -0.2) is 9.97 Å². The number of rotatable bonds is 3. The largest absolute Gasteiger partial charge is 0.484 e. The number of carbonyl (C=O) groups is 1. The molecule has 27 heavy (non-hydrogen) atoms. The number of aromatic nitrogens is 2. The van der Waals surface area contributed by atoms with Crippen molar-refractivity contribution in [2.75, 3.05) is 36.5 Å². The van der Waals surface area contributed by atoms with Gasteiger partial charge in [0.1, 0.15) is 5.75 Å². The molecule has 6 heteroatoms. The summed E-state index contributed by atoms with van der Waals surface area (Å²) in [6, 6.07) is 13.5. The molecule has 2 aromatic carbocycles. The second kappa shape index (κ2) is 6.87. The van der Waals surface area contributed by atoms with Gasteiger partial charge in [0.2, 0.25) is 0 Å². The van der Waals surface area contributed by atoms with Gasteiger partial charge in [0.05, 0.1) is 11.0 Å². The van der Waals surface area contributed by atoms with Crippen molar-refractivity contribution in [1.82, 2.24) is 9.97 Å². The van der Waals surface area contributed by atoms with E-state index >= 15 is 0 Å². The molecule has 0 saturated carbocycles. The van der Waals surface area contributed by atoms with Crippen LogP contribution < -0.4 is 14.5 Å². The van der Waals surface area contributed by atoms with Gasteiger partial charge in [-0.15, -0.1) is 0 Å². The van der Waals surface area contributed by atoms with Gasteiger partial charge >= 0.3 is 0 Å². The number of ether oxygens (including phenoxy) is 1. The zero-order chi connectivity index (χ0) is 19.0. The molecular weight excluding hydrogens is 340 g/mol. The minimum Gasteiger partial charge on any atom is -0.484 e. The van der Waals surface area contributed by atoms with Crippen molar-refractivity contribution < 1.29 is 9.53 Å². The van der Waals surface area contributed by atoms with E-state index in [1.165, 1.54) is 5.56 Å². The maximum Gasteiger partial charge on any atom is 0.266 e. The van der Waals surface area contributed by atoms with Crippen LogP contribution in [0.15, 0.2) is 42.5 Å². The van der Waals surface area contributed by atoms with Gasteiger partial charge in [0.25, 0.3) is 5.91 Å². The molecule has 0 atom stereocenters. The second-order valence-corrected chi connectivity index (χ2v) is 6.86. The summed E-state index contributed by atoms with van der Waals surface area (Å²) >= 11 is 0. The van der Waals surface area contributed by atoms with Crippen LogP contribution in [0.3, 0.4) is 0 Å². The molecule has 0 unspecified atom stereocenters. The van der Waals surface area contributed by atoms with Crippen LogP contribution in [0.4, 0.5) is 11.6 Å². The number of anilines is 2. The summed E-state index contributed by atoms with van der Waals surface area (Å²) in [5.74, 6) is 1.90. The van der Waals surface area contributed by atoms with E-state index in [4.69, 9.17) is 14.7 Å². The summed E-state index contributed by atoms with van der Waals surface area (Å²) in [6.07, 6.45) is 0. The fraction of sp³-hybridized carbons (Fsp3) is 0.286. The number of nitrogens with zero attached hydrogens (tertiary/aromatic N) is 4. The standard InChI is InChI=1S/C21H22N4O2/c1-14-8-9-16(12-15(14)2)27-13-19(26)25-11-10-24(3)20-21(25)23-18-7-5-4-6-17(18)22-20/h4-9,12H,10-11,13H2,1-3H3. The number of hydrogen-bond donors (Lipinski definition) is 0. The minimum atomic E-state index is -0.118. The highest BCUT2D eigenvalue weighted by Gasteiger charge is 2.28. The fourth-order valence-electron chi connectivity index (χ4n) is 3.15. The summed E-state index contributed by atoms with van der Waals surface area (Å²) in [7, 11) is 1.97. The minimum absolute atomic E-state index is 0.0276. The predicted octanol–water partition coefficient (Wildman–Crippen LogP) is 3.11. The lowest BCUT2D eigenvalue weighted by molar-refractivity contribution is -0.120. The molecule has 4 rings (SSSR count). The van der Waals surface area contributed by atoms with Gasteiger partial charge in [-0.05, 0) is 49.2 Å². The highest BCUT2D eigenvalue weighted by atomic mass is 16.5. The number of fused-ring (bicyclic) bond motifs is 2. The Bertz CT molecular complexity index is 1020. The number of aryl methyl sites for hydroxylation is 2. The topological polar surface area (TPSA) is 58.6 Å². The lowest BCUT2D eigenvalue weighted by atomic mass is 10.1. The molecule has 0 fully saturated rings. The predicted molar refractivity (Wildman–Crippen MR) is 107 cm³/mol. The molecule has 2 heterocycles. The first-order chi connectivity index (χ1) is 13.0. The van der Waals surface area contributed by atoms with Crippen LogP contribution in [0.25, 0.3) is 11.0 Å². The lowest BCUT2D eigenvalue weighted by Crippen LogP contribution is -2.45. The Morgan fingerprint density at radius 3 is 2.41 bits per heavy atom. The summed E-state index contributed by atoms with van der Waals surface area (Å²) in [5.41, 5.74) is 3.94. The number of amides is 1. The highest BCUT2D eigenvalue weighted by Crippen LogP contribution is 2.30. The van der Waals surface area contributed by atoms with E-state index in [0.29, 0.717) is 24.7 Å². The summed E-state index contributed by atoms with van der Waals surface area (Å²) < 4.78 is 5.73. The molecule has 0 spiro atoms. The van der Waals surface area contributed by atoms with Crippen molar-refractivity contribution in [2.45, 2.75) is 13.8 Å². The van der Waals surface area contributed by atoms with Gasteiger partial charge < -0.3 is 9.64 Å². The smallest absolute Gasteiger partial charge is 0.266 e. The van der Waals surface area contributed by atoms with Crippen molar-refractivity contribution in [2.24, 2.45) is 0 Å². The zero-order valence-electron chi connectivity index (χ0n) is 15.8. The first kappa shape index (κ1) is 17.3. The van der Waals surface area contributed by atoms with Crippen LogP contribution in [-0.4, -0.2) is 42.6 Å². The van der Waals surface area contributed by atoms with E-state index in [-0.39, 0.29) is 12.5 Å². The van der Waals surface area contributed by atoms with Gasteiger partial charge in [-0.3, -0.25) is 9.69 Å². The third-order valence-electron chi connectivity index (χ3n) is 4.95. The molecule has 0 aliphatic carbocycles. The average Bonchev–Trinajstić information content (AvgIpc) is 2.68. The Balaban J connectivity index is 1.58. The molecule has 1 aliphatic heterocycles. The van der Waals surface area contributed by atoms with Crippen molar-refractivity contribution in [3.63, 3.8) is 0 Å². The van der Waals surface area contributed by atoms with Gasteiger partial charge in [-0.2, -0.15) is 0 Å². The molecule has 1 aliphatic rings. The first-order valence-corrected chi connectivity index (χ1v) is 9.01. The Morgan fingerprint density at radius 1 is 1.00 bits per heavy atom. The van der Waals surface area contributed by atoms with Crippen molar-refractivity contribution in [3.05, 3.63) is 53.6 Å². The van der Waals surface area contributed by atoms with E-state index in [1.807, 2.05) is 61.3 Å². The molecule has 1 aromatic heterocycles. The molecule has 3 aromatic rings. The summed E-state index contributed by atoms with van der Waals surface area (Å²) in [5, 5.41) is 0. The Labute approximate surface area is 158 Å². The van der Waals surface area contributed by atoms with Gasteiger partial charge in [-0.1, -0.05) is 18.2 Å². The van der Waals surface area contributed by atoms with Crippen molar-refractivity contribution >= 4 is 28.6 Å². The molecule has 138 valence electrons. The van der Waals surface area contributed by atoms with E-state index in [9.17, 15) is 4.79 Å². The van der Waals surface area contributed by atoms with E-state index < -0.39 is 0 Å². The molecule has 0 bridgehead atoms. The number of hydrogen-bond acceptors (Lipinski definition) is 5. The van der Waals surface area contributed by atoms with Crippen LogP contribution in [0.1, 0.15) is 11.1 Å². The second-order valence-electron chi connectivity index (χ2n) is 6.86. The Kier molecular flexibility index (Phi) is 4.39. The van der Waals surface area contributed by atoms with Gasteiger partial charge in [0.15, 0.2) is 18.2 Å². The number of para-hydroxylation sites is 2. The van der Waals surface area contributed by atoms with Gasteiger partial charge in [0, 0.05) is 20.1 Å². The summed E-state index contributed by atoms with van der Waals surface area (Å²) in [6.45, 7) is 5.32. The quantitative estimate of drug-likeness (QED) is 0.717. The van der Waals surface area contributed by atoms with Crippen LogP contribution in [-0.2, 0) is 4.79 Å².